The number of anilines is 1. The van der Waals surface area contributed by atoms with Crippen LogP contribution in [0.25, 0.3) is 11.0 Å². The van der Waals surface area contributed by atoms with Crippen LogP contribution in [0.15, 0.2) is 24.3 Å². The summed E-state index contributed by atoms with van der Waals surface area (Å²) in [6.07, 6.45) is 0. The zero-order valence-electron chi connectivity index (χ0n) is 14.6. The number of carboxylic acid groups (broad SMARTS) is 1. The lowest BCUT2D eigenvalue weighted by molar-refractivity contribution is -0.138. The summed E-state index contributed by atoms with van der Waals surface area (Å²) in [7, 11) is 0. The molecule has 1 unspecified atom stereocenters. The fraction of sp³-hybridized carbons (Fsp3) is 0.412. The second kappa shape index (κ2) is 7.03. The molecule has 9 nitrogen and oxygen atoms in total. The molecule has 2 aromatic rings. The van der Waals surface area contributed by atoms with Crippen molar-refractivity contribution in [1.82, 2.24) is 20.2 Å². The predicted molar refractivity (Wildman–Crippen MR) is 94.9 cm³/mol. The Labute approximate surface area is 150 Å². The first-order chi connectivity index (χ1) is 12.4. The summed E-state index contributed by atoms with van der Waals surface area (Å²) in [6, 6.07) is 6.37. The number of urea groups is 1. The number of carbonyl (C=O) groups excluding carboxylic acids is 2. The van der Waals surface area contributed by atoms with E-state index in [1.165, 1.54) is 4.90 Å². The van der Waals surface area contributed by atoms with Gasteiger partial charge < -0.3 is 20.3 Å². The maximum absolute atomic E-state index is 12.7. The van der Waals surface area contributed by atoms with E-state index >= 15 is 0 Å². The van der Waals surface area contributed by atoms with Crippen molar-refractivity contribution in [3.63, 3.8) is 0 Å². The lowest BCUT2D eigenvalue weighted by Gasteiger charge is -2.24. The molecule has 1 atom stereocenters. The van der Waals surface area contributed by atoms with Crippen LogP contribution in [0.5, 0.6) is 0 Å². The molecule has 9 heteroatoms. The van der Waals surface area contributed by atoms with Gasteiger partial charge in [0.05, 0.1) is 11.0 Å². The third-order valence-corrected chi connectivity index (χ3v) is 4.31. The fourth-order valence-corrected chi connectivity index (χ4v) is 3.00. The molecule has 0 fully saturated rings. The van der Waals surface area contributed by atoms with Crippen LogP contribution in [0.1, 0.15) is 13.8 Å². The number of rotatable bonds is 5. The number of amides is 3. The van der Waals surface area contributed by atoms with Crippen molar-refractivity contribution in [1.29, 1.82) is 0 Å². The van der Waals surface area contributed by atoms with Crippen LogP contribution in [0, 0.1) is 5.92 Å². The average molecular weight is 359 g/mol. The van der Waals surface area contributed by atoms with Crippen LogP contribution in [0.2, 0.25) is 0 Å². The molecule has 138 valence electrons. The highest BCUT2D eigenvalue weighted by atomic mass is 16.4. The number of hydrogen-bond donors (Lipinski definition) is 3. The predicted octanol–water partition coefficient (Wildman–Crippen LogP) is 0.791. The number of carboxylic acids is 1. The molecule has 1 aliphatic rings. The highest BCUT2D eigenvalue weighted by molar-refractivity contribution is 5.97. The molecule has 0 bridgehead atoms. The number of nitrogens with one attached hydrogen (secondary N) is 2. The molecule has 0 radical (unpaired) electrons. The topological polar surface area (TPSA) is 117 Å². The number of aromatic nitrogens is 2. The Hall–Kier alpha value is -3.10. The number of carbonyl (C=O) groups is 3. The standard InChI is InChI=1S/C17H21N5O4/c1-10(2)14(15(25)18-9-13(23)24)20-17(26)22-8-7-21-12-6-4-3-5-11(12)19-16(21)22/h3-6,10,14H,7-9H2,1-2H3,(H,18,25)(H,20,26)(H,23,24). The Morgan fingerprint density at radius 2 is 1.96 bits per heavy atom. The molecule has 1 aliphatic heterocycles. The number of para-hydroxylation sites is 2. The number of fused-ring (bicyclic) bond motifs is 3. The summed E-state index contributed by atoms with van der Waals surface area (Å²) in [5.74, 6) is -1.32. The molecule has 26 heavy (non-hydrogen) atoms. The molecular formula is C17H21N5O4. The first-order valence-electron chi connectivity index (χ1n) is 8.41. The second-order valence-corrected chi connectivity index (χ2v) is 6.49. The van der Waals surface area contributed by atoms with E-state index in [0.29, 0.717) is 19.0 Å². The summed E-state index contributed by atoms with van der Waals surface area (Å²) < 4.78 is 1.96. The first-order valence-corrected chi connectivity index (χ1v) is 8.41. The molecule has 0 aliphatic carbocycles. The Kier molecular flexibility index (Phi) is 4.79. The Bertz CT molecular complexity index is 860. The van der Waals surface area contributed by atoms with Crippen molar-refractivity contribution >= 4 is 34.9 Å². The highest BCUT2D eigenvalue weighted by Crippen LogP contribution is 2.27. The molecule has 3 amide bonds. The molecule has 3 N–H and O–H groups in total. The van der Waals surface area contributed by atoms with Crippen LogP contribution in [0.3, 0.4) is 0 Å². The minimum atomic E-state index is -1.14. The maximum atomic E-state index is 12.7. The molecular weight excluding hydrogens is 338 g/mol. The van der Waals surface area contributed by atoms with Gasteiger partial charge in [0.15, 0.2) is 0 Å². The normalized spacial score (nSPS) is 14.3. The Morgan fingerprint density at radius 1 is 1.23 bits per heavy atom. The van der Waals surface area contributed by atoms with E-state index in [1.807, 2.05) is 28.8 Å². The Morgan fingerprint density at radius 3 is 2.65 bits per heavy atom. The molecule has 2 heterocycles. The van der Waals surface area contributed by atoms with E-state index in [4.69, 9.17) is 5.11 Å². The van der Waals surface area contributed by atoms with Gasteiger partial charge in [0, 0.05) is 13.1 Å². The van der Waals surface area contributed by atoms with Crippen molar-refractivity contribution in [2.24, 2.45) is 5.92 Å². The van der Waals surface area contributed by atoms with Crippen molar-refractivity contribution in [2.45, 2.75) is 26.4 Å². The van der Waals surface area contributed by atoms with E-state index in [-0.39, 0.29) is 5.92 Å². The molecule has 0 saturated heterocycles. The summed E-state index contributed by atoms with van der Waals surface area (Å²) in [4.78, 5) is 41.5. The van der Waals surface area contributed by atoms with Gasteiger partial charge in [-0.3, -0.25) is 14.5 Å². The Balaban J connectivity index is 1.75. The third kappa shape index (κ3) is 3.32. The van der Waals surface area contributed by atoms with Gasteiger partial charge in [0.1, 0.15) is 12.6 Å². The lowest BCUT2D eigenvalue weighted by atomic mass is 10.0. The summed E-state index contributed by atoms with van der Waals surface area (Å²) in [5, 5.41) is 13.7. The zero-order chi connectivity index (χ0) is 18.8. The number of aliphatic carboxylic acids is 1. The number of nitrogens with zero attached hydrogens (tertiary/aromatic N) is 3. The summed E-state index contributed by atoms with van der Waals surface area (Å²) in [5.41, 5.74) is 1.76. The van der Waals surface area contributed by atoms with E-state index in [0.717, 1.165) is 11.0 Å². The molecule has 1 aromatic heterocycles. The highest BCUT2D eigenvalue weighted by Gasteiger charge is 2.32. The van der Waals surface area contributed by atoms with Crippen LogP contribution >= 0.6 is 0 Å². The number of benzene rings is 1. The van der Waals surface area contributed by atoms with Crippen LogP contribution in [0.4, 0.5) is 10.7 Å². The molecule has 1 aromatic carbocycles. The van der Waals surface area contributed by atoms with Gasteiger partial charge in [-0.25, -0.2) is 9.78 Å². The maximum Gasteiger partial charge on any atom is 0.324 e. The van der Waals surface area contributed by atoms with E-state index in [9.17, 15) is 14.4 Å². The van der Waals surface area contributed by atoms with Crippen LogP contribution in [-0.4, -0.2) is 51.7 Å². The number of hydrogen-bond acceptors (Lipinski definition) is 4. The average Bonchev–Trinajstić information content (AvgIpc) is 3.16. The lowest BCUT2D eigenvalue weighted by Crippen LogP contribution is -2.54. The minimum Gasteiger partial charge on any atom is -0.480 e. The fourth-order valence-electron chi connectivity index (χ4n) is 3.00. The van der Waals surface area contributed by atoms with Gasteiger partial charge in [-0.1, -0.05) is 26.0 Å². The van der Waals surface area contributed by atoms with Gasteiger partial charge in [-0.05, 0) is 18.1 Å². The SMILES string of the molecule is CC(C)C(NC(=O)N1CCn2c1nc1ccccc12)C(=O)NCC(=O)O. The van der Waals surface area contributed by atoms with Gasteiger partial charge in [0.2, 0.25) is 11.9 Å². The first kappa shape index (κ1) is 17.7. The second-order valence-electron chi connectivity index (χ2n) is 6.49. The molecule has 0 spiro atoms. The van der Waals surface area contributed by atoms with Crippen molar-refractivity contribution < 1.29 is 19.5 Å². The van der Waals surface area contributed by atoms with E-state index < -0.39 is 30.5 Å². The summed E-state index contributed by atoms with van der Waals surface area (Å²) >= 11 is 0. The smallest absolute Gasteiger partial charge is 0.324 e. The van der Waals surface area contributed by atoms with E-state index in [1.54, 1.807) is 13.8 Å². The van der Waals surface area contributed by atoms with Gasteiger partial charge in [-0.2, -0.15) is 0 Å². The van der Waals surface area contributed by atoms with Crippen molar-refractivity contribution in [3.05, 3.63) is 24.3 Å². The van der Waals surface area contributed by atoms with Gasteiger partial charge >= 0.3 is 12.0 Å². The quantitative estimate of drug-likeness (QED) is 0.730. The van der Waals surface area contributed by atoms with E-state index in [2.05, 4.69) is 15.6 Å². The minimum absolute atomic E-state index is 0.200. The largest absolute Gasteiger partial charge is 0.480 e. The zero-order valence-corrected chi connectivity index (χ0v) is 14.6. The molecule has 3 rings (SSSR count). The summed E-state index contributed by atoms with van der Waals surface area (Å²) in [6.45, 7) is 4.16. The third-order valence-electron chi connectivity index (χ3n) is 4.31. The van der Waals surface area contributed by atoms with Gasteiger partial charge in [-0.15, -0.1) is 0 Å². The number of imidazole rings is 1. The monoisotopic (exact) mass is 359 g/mol. The van der Waals surface area contributed by atoms with Gasteiger partial charge in [0.25, 0.3) is 0 Å². The van der Waals surface area contributed by atoms with Crippen molar-refractivity contribution in [3.8, 4) is 0 Å². The van der Waals surface area contributed by atoms with Crippen molar-refractivity contribution in [2.75, 3.05) is 18.0 Å². The van der Waals surface area contributed by atoms with Crippen LogP contribution in [-0.2, 0) is 16.1 Å². The molecule has 0 saturated carbocycles. The van der Waals surface area contributed by atoms with Crippen LogP contribution < -0.4 is 15.5 Å².